The van der Waals surface area contributed by atoms with Crippen molar-refractivity contribution in [1.29, 1.82) is 0 Å². The summed E-state index contributed by atoms with van der Waals surface area (Å²) in [5.41, 5.74) is 6.22. The smallest absolute Gasteiger partial charge is 0.253 e. The van der Waals surface area contributed by atoms with Gasteiger partial charge in [0.2, 0.25) is 0 Å². The fraction of sp³-hybridized carbons (Fsp3) is 0.385. The van der Waals surface area contributed by atoms with Crippen molar-refractivity contribution < 1.29 is 9.90 Å². The van der Waals surface area contributed by atoms with E-state index < -0.39 is 0 Å². The van der Waals surface area contributed by atoms with Crippen molar-refractivity contribution >= 4 is 23.1 Å². The van der Waals surface area contributed by atoms with Gasteiger partial charge in [-0.1, -0.05) is 12.2 Å². The van der Waals surface area contributed by atoms with Crippen LogP contribution in [0.4, 0.5) is 0 Å². The average Bonchev–Trinajstić information content (AvgIpc) is 2.39. The molecule has 0 unspecified atom stereocenters. The van der Waals surface area contributed by atoms with Crippen LogP contribution in [-0.2, 0) is 0 Å². The predicted molar refractivity (Wildman–Crippen MR) is 73.5 cm³/mol. The molecule has 1 aromatic rings. The average molecular weight is 264 g/mol. The van der Waals surface area contributed by atoms with Crippen LogP contribution >= 0.6 is 12.2 Å². The van der Waals surface area contributed by atoms with Gasteiger partial charge in [-0.25, -0.2) is 0 Å². The molecule has 5 heteroatoms. The number of nitrogens with two attached hydrogens (primary N) is 1. The van der Waals surface area contributed by atoms with Gasteiger partial charge < -0.3 is 15.7 Å². The van der Waals surface area contributed by atoms with E-state index in [0.29, 0.717) is 23.6 Å². The Labute approximate surface area is 111 Å². The minimum absolute atomic E-state index is 0.00334. The predicted octanol–water partition coefficient (Wildman–Crippen LogP) is 1.53. The Balaban J connectivity index is 1.99. The van der Waals surface area contributed by atoms with E-state index in [-0.39, 0.29) is 17.6 Å². The van der Waals surface area contributed by atoms with Crippen molar-refractivity contribution in [3.05, 3.63) is 29.8 Å². The molecule has 0 radical (unpaired) electrons. The molecule has 3 N–H and O–H groups in total. The summed E-state index contributed by atoms with van der Waals surface area (Å²) in [7, 11) is 0. The number of hydrogen-bond acceptors (Lipinski definition) is 3. The van der Waals surface area contributed by atoms with Crippen LogP contribution in [0.3, 0.4) is 0 Å². The molecule has 1 amide bonds. The number of thiocarbonyl (C=S) groups is 1. The zero-order chi connectivity index (χ0) is 13.1. The maximum Gasteiger partial charge on any atom is 0.253 e. The van der Waals surface area contributed by atoms with Crippen LogP contribution in [0, 0.1) is 5.92 Å². The van der Waals surface area contributed by atoms with Crippen LogP contribution in [0.15, 0.2) is 24.3 Å². The van der Waals surface area contributed by atoms with Crippen LogP contribution in [0.5, 0.6) is 5.75 Å². The number of likely N-dealkylation sites (tertiary alicyclic amines) is 1. The molecule has 4 nitrogen and oxygen atoms in total. The summed E-state index contributed by atoms with van der Waals surface area (Å²) in [5, 5.41) is 9.19. The highest BCUT2D eigenvalue weighted by Gasteiger charge is 2.24. The largest absolute Gasteiger partial charge is 0.508 e. The standard InChI is InChI=1S/C13H16N2O2S/c14-12(18)9-5-7-15(8-6-9)13(17)10-1-3-11(16)4-2-10/h1-4,9,16H,5-8H2,(H2,14,18). The Morgan fingerprint density at radius 2 is 1.83 bits per heavy atom. The quantitative estimate of drug-likeness (QED) is 0.795. The second-order valence-corrected chi connectivity index (χ2v) is 4.99. The van der Waals surface area contributed by atoms with Crippen molar-refractivity contribution in [2.45, 2.75) is 12.8 Å². The minimum Gasteiger partial charge on any atom is -0.508 e. The molecular weight excluding hydrogens is 248 g/mol. The molecule has 1 aliphatic rings. The summed E-state index contributed by atoms with van der Waals surface area (Å²) >= 11 is 4.97. The first kappa shape index (κ1) is 12.8. The van der Waals surface area contributed by atoms with E-state index in [2.05, 4.69) is 0 Å². The zero-order valence-corrected chi connectivity index (χ0v) is 10.8. The minimum atomic E-state index is -0.00334. The lowest BCUT2D eigenvalue weighted by Crippen LogP contribution is -2.41. The summed E-state index contributed by atoms with van der Waals surface area (Å²) < 4.78 is 0. The Morgan fingerprint density at radius 3 is 2.33 bits per heavy atom. The van der Waals surface area contributed by atoms with E-state index in [9.17, 15) is 9.90 Å². The number of carbonyl (C=O) groups excluding carboxylic acids is 1. The number of aromatic hydroxyl groups is 1. The van der Waals surface area contributed by atoms with Crippen molar-refractivity contribution in [1.82, 2.24) is 4.90 Å². The number of benzene rings is 1. The molecule has 0 atom stereocenters. The second-order valence-electron chi connectivity index (χ2n) is 4.52. The summed E-state index contributed by atoms with van der Waals surface area (Å²) in [6.45, 7) is 1.36. The zero-order valence-electron chi connectivity index (χ0n) is 10.0. The highest BCUT2D eigenvalue weighted by atomic mass is 32.1. The second kappa shape index (κ2) is 5.35. The number of piperidine rings is 1. The van der Waals surface area contributed by atoms with Crippen LogP contribution in [-0.4, -0.2) is 34.0 Å². The molecule has 1 saturated heterocycles. The summed E-state index contributed by atoms with van der Waals surface area (Å²) in [6.07, 6.45) is 1.66. The Kier molecular flexibility index (Phi) is 3.81. The van der Waals surface area contributed by atoms with E-state index in [1.165, 1.54) is 12.1 Å². The normalized spacial score (nSPS) is 16.6. The molecule has 0 bridgehead atoms. The summed E-state index contributed by atoms with van der Waals surface area (Å²) in [4.78, 5) is 14.5. The molecule has 0 spiro atoms. The maximum atomic E-state index is 12.2. The number of rotatable bonds is 2. The van der Waals surface area contributed by atoms with Crippen LogP contribution < -0.4 is 5.73 Å². The first-order chi connectivity index (χ1) is 8.58. The van der Waals surface area contributed by atoms with Crippen LogP contribution in [0.25, 0.3) is 0 Å². The highest BCUT2D eigenvalue weighted by molar-refractivity contribution is 7.80. The van der Waals surface area contributed by atoms with E-state index in [1.54, 1.807) is 17.0 Å². The molecule has 96 valence electrons. The third-order valence-corrected chi connectivity index (χ3v) is 3.63. The van der Waals surface area contributed by atoms with E-state index in [4.69, 9.17) is 18.0 Å². The Morgan fingerprint density at radius 1 is 1.28 bits per heavy atom. The van der Waals surface area contributed by atoms with Gasteiger partial charge in [-0.15, -0.1) is 0 Å². The molecule has 2 rings (SSSR count). The molecule has 1 aromatic carbocycles. The lowest BCUT2D eigenvalue weighted by molar-refractivity contribution is 0.0710. The van der Waals surface area contributed by atoms with E-state index >= 15 is 0 Å². The highest BCUT2D eigenvalue weighted by Crippen LogP contribution is 2.20. The Hall–Kier alpha value is -1.62. The van der Waals surface area contributed by atoms with E-state index in [1.807, 2.05) is 0 Å². The molecule has 0 saturated carbocycles. The van der Waals surface area contributed by atoms with E-state index in [0.717, 1.165) is 12.8 Å². The first-order valence-electron chi connectivity index (χ1n) is 5.95. The van der Waals surface area contributed by atoms with Gasteiger partial charge in [-0.05, 0) is 37.1 Å². The van der Waals surface area contributed by atoms with Crippen LogP contribution in [0.1, 0.15) is 23.2 Å². The van der Waals surface area contributed by atoms with Gasteiger partial charge in [0.05, 0.1) is 4.99 Å². The fourth-order valence-corrected chi connectivity index (χ4v) is 2.39. The van der Waals surface area contributed by atoms with Crippen molar-refractivity contribution in [3.63, 3.8) is 0 Å². The topological polar surface area (TPSA) is 66.6 Å². The fourth-order valence-electron chi connectivity index (χ4n) is 2.15. The Bertz CT molecular complexity index is 451. The third kappa shape index (κ3) is 2.79. The number of phenols is 1. The SMILES string of the molecule is NC(=S)C1CCN(C(=O)c2ccc(O)cc2)CC1. The number of hydrogen-bond donors (Lipinski definition) is 2. The third-order valence-electron chi connectivity index (χ3n) is 3.30. The summed E-state index contributed by atoms with van der Waals surface area (Å²) in [5.74, 6) is 0.416. The molecule has 0 aliphatic carbocycles. The molecule has 1 fully saturated rings. The van der Waals surface area contributed by atoms with Gasteiger partial charge >= 0.3 is 0 Å². The van der Waals surface area contributed by atoms with Crippen molar-refractivity contribution in [2.75, 3.05) is 13.1 Å². The molecule has 18 heavy (non-hydrogen) atoms. The molecular formula is C13H16N2O2S. The van der Waals surface area contributed by atoms with Gasteiger partial charge in [0.15, 0.2) is 0 Å². The van der Waals surface area contributed by atoms with Gasteiger partial charge in [-0.2, -0.15) is 0 Å². The van der Waals surface area contributed by atoms with Gasteiger partial charge in [0.1, 0.15) is 5.75 Å². The number of carbonyl (C=O) groups is 1. The lowest BCUT2D eigenvalue weighted by Gasteiger charge is -2.31. The van der Waals surface area contributed by atoms with Gasteiger partial charge in [0.25, 0.3) is 5.91 Å². The molecule has 0 aromatic heterocycles. The summed E-state index contributed by atoms with van der Waals surface area (Å²) in [6, 6.07) is 6.32. The van der Waals surface area contributed by atoms with Crippen molar-refractivity contribution in [2.24, 2.45) is 11.7 Å². The lowest BCUT2D eigenvalue weighted by atomic mass is 9.96. The number of phenolic OH excluding ortho intramolecular Hbond substituents is 1. The maximum absolute atomic E-state index is 12.2. The first-order valence-corrected chi connectivity index (χ1v) is 6.36. The monoisotopic (exact) mass is 264 g/mol. The molecule has 1 heterocycles. The molecule has 1 aliphatic heterocycles. The van der Waals surface area contributed by atoms with Gasteiger partial charge in [-0.3, -0.25) is 4.79 Å². The van der Waals surface area contributed by atoms with Crippen LogP contribution in [0.2, 0.25) is 0 Å². The van der Waals surface area contributed by atoms with Crippen molar-refractivity contribution in [3.8, 4) is 5.75 Å². The number of nitrogens with zero attached hydrogens (tertiary/aromatic N) is 1. The van der Waals surface area contributed by atoms with Gasteiger partial charge in [0, 0.05) is 24.6 Å². The number of amides is 1.